The molecule has 5 rings (SSSR count). The largest absolute Gasteiger partial charge is 0.416 e. The number of alkyl halides is 3. The maximum atomic E-state index is 12.8. The molecule has 0 radical (unpaired) electrons. The minimum absolute atomic E-state index is 0.0413. The minimum atomic E-state index is -4.48. The van der Waals surface area contributed by atoms with Gasteiger partial charge in [-0.2, -0.15) is 18.3 Å². The van der Waals surface area contributed by atoms with Crippen LogP contribution < -0.4 is 15.5 Å². The molecule has 9 nitrogen and oxygen atoms in total. The number of amides is 2. The van der Waals surface area contributed by atoms with Crippen molar-refractivity contribution in [1.29, 1.82) is 0 Å². The molecule has 170 valence electrons. The number of carbonyl (C=O) groups is 1. The van der Waals surface area contributed by atoms with E-state index in [1.165, 1.54) is 29.8 Å². The van der Waals surface area contributed by atoms with Crippen LogP contribution in [0.4, 0.5) is 34.6 Å². The molecule has 1 aliphatic rings. The van der Waals surface area contributed by atoms with Crippen LogP contribution in [0.25, 0.3) is 11.0 Å². The number of anilines is 3. The van der Waals surface area contributed by atoms with Crippen LogP contribution in [0, 0.1) is 0 Å². The zero-order valence-corrected chi connectivity index (χ0v) is 17.8. The Morgan fingerprint density at radius 3 is 2.85 bits per heavy atom. The molecule has 0 fully saturated rings. The van der Waals surface area contributed by atoms with Crippen molar-refractivity contribution in [2.24, 2.45) is 0 Å². The normalized spacial score (nSPS) is 13.4. The Labute approximate surface area is 189 Å². The van der Waals surface area contributed by atoms with Gasteiger partial charge in [-0.05, 0) is 18.2 Å². The monoisotopic (exact) mass is 474 g/mol. The van der Waals surface area contributed by atoms with Gasteiger partial charge in [0, 0.05) is 36.3 Å². The van der Waals surface area contributed by atoms with Crippen LogP contribution >= 0.6 is 11.3 Å². The summed E-state index contributed by atoms with van der Waals surface area (Å²) in [6.07, 6.45) is 1.14. The molecule has 0 bridgehead atoms. The van der Waals surface area contributed by atoms with E-state index in [-0.39, 0.29) is 5.69 Å². The summed E-state index contributed by atoms with van der Waals surface area (Å²) in [4.78, 5) is 28.2. The number of aromatic nitrogens is 5. The summed E-state index contributed by atoms with van der Waals surface area (Å²) in [5.41, 5.74) is 0.931. The smallest absolute Gasteiger partial charge is 0.352 e. The average Bonchev–Trinajstić information content (AvgIpc) is 3.41. The topological polar surface area (TPSA) is 101 Å². The first-order valence-corrected chi connectivity index (χ1v) is 10.8. The lowest BCUT2D eigenvalue weighted by Gasteiger charge is -2.28. The lowest BCUT2D eigenvalue weighted by Crippen LogP contribution is -2.34. The third kappa shape index (κ3) is 4.44. The molecule has 1 aliphatic heterocycles. The van der Waals surface area contributed by atoms with Crippen LogP contribution in [-0.4, -0.2) is 43.9 Å². The maximum absolute atomic E-state index is 12.8. The van der Waals surface area contributed by atoms with Gasteiger partial charge in [-0.3, -0.25) is 10.00 Å². The Hall–Kier alpha value is -3.74. The van der Waals surface area contributed by atoms with Crippen molar-refractivity contribution in [3.05, 3.63) is 53.4 Å². The van der Waals surface area contributed by atoms with Crippen molar-refractivity contribution >= 4 is 45.0 Å². The molecule has 3 aromatic heterocycles. The lowest BCUT2D eigenvalue weighted by molar-refractivity contribution is -0.137. The van der Waals surface area contributed by atoms with Gasteiger partial charge in [-0.15, -0.1) is 11.3 Å². The number of hydrogen-bond donors (Lipinski definition) is 2. The van der Waals surface area contributed by atoms with Gasteiger partial charge in [0.2, 0.25) is 0 Å². The zero-order chi connectivity index (χ0) is 23.0. The van der Waals surface area contributed by atoms with Gasteiger partial charge < -0.3 is 10.2 Å². The molecule has 33 heavy (non-hydrogen) atoms. The van der Waals surface area contributed by atoms with E-state index in [0.717, 1.165) is 47.0 Å². The fourth-order valence-corrected chi connectivity index (χ4v) is 4.40. The van der Waals surface area contributed by atoms with Crippen LogP contribution in [0.5, 0.6) is 0 Å². The number of nitrogens with zero attached hydrogens (tertiary/aromatic N) is 6. The van der Waals surface area contributed by atoms with Gasteiger partial charge in [0.05, 0.1) is 18.3 Å². The summed E-state index contributed by atoms with van der Waals surface area (Å²) in [5, 5.41) is 9.65. The van der Waals surface area contributed by atoms with Crippen LogP contribution in [0.3, 0.4) is 0 Å². The predicted molar refractivity (Wildman–Crippen MR) is 117 cm³/mol. The summed E-state index contributed by atoms with van der Waals surface area (Å²) >= 11 is 1.31. The van der Waals surface area contributed by atoms with Crippen molar-refractivity contribution in [2.45, 2.75) is 19.1 Å². The second-order valence-electron chi connectivity index (χ2n) is 7.33. The van der Waals surface area contributed by atoms with E-state index in [4.69, 9.17) is 0 Å². The van der Waals surface area contributed by atoms with E-state index in [0.29, 0.717) is 18.1 Å². The number of nitrogens with one attached hydrogen (secondary N) is 2. The fourth-order valence-electron chi connectivity index (χ4n) is 3.61. The van der Waals surface area contributed by atoms with Gasteiger partial charge in [0.15, 0.2) is 10.9 Å². The minimum Gasteiger partial charge on any atom is -0.352 e. The molecule has 13 heteroatoms. The van der Waals surface area contributed by atoms with E-state index in [2.05, 4.69) is 35.6 Å². The number of hydrogen-bond acceptors (Lipinski definition) is 7. The van der Waals surface area contributed by atoms with Gasteiger partial charge in [-0.25, -0.2) is 19.7 Å². The average molecular weight is 474 g/mol. The highest BCUT2D eigenvalue weighted by atomic mass is 32.1. The first-order valence-electron chi connectivity index (χ1n) is 9.98. The first kappa shape index (κ1) is 21.1. The van der Waals surface area contributed by atoms with Gasteiger partial charge in [0.25, 0.3) is 0 Å². The Bertz CT molecular complexity index is 1320. The van der Waals surface area contributed by atoms with Crippen molar-refractivity contribution < 1.29 is 18.0 Å². The standard InChI is InChI=1S/C20H17F3N8OS/c21-20(22,23)12-2-1-3-13(8-12)28-18(32)29-19-24-9-14(33-19)4-5-30-6-7-31-16-15(10-27-31)25-11-26-17(16)30/h1-3,8-11H,4-7H2,(H2,24,28,29,32). The number of benzene rings is 1. The highest BCUT2D eigenvalue weighted by Gasteiger charge is 2.30. The summed E-state index contributed by atoms with van der Waals surface area (Å²) in [6, 6.07) is 3.78. The quantitative estimate of drug-likeness (QED) is 0.453. The second-order valence-corrected chi connectivity index (χ2v) is 8.44. The molecule has 4 heterocycles. The molecule has 0 saturated heterocycles. The van der Waals surface area contributed by atoms with Gasteiger partial charge in [-0.1, -0.05) is 6.07 Å². The molecule has 0 unspecified atom stereocenters. The van der Waals surface area contributed by atoms with Crippen LogP contribution in [-0.2, 0) is 19.1 Å². The van der Waals surface area contributed by atoms with E-state index in [9.17, 15) is 18.0 Å². The summed E-state index contributed by atoms with van der Waals surface area (Å²) in [6.45, 7) is 2.22. The van der Waals surface area contributed by atoms with E-state index in [1.54, 1.807) is 12.4 Å². The molecular formula is C20H17F3N8OS. The van der Waals surface area contributed by atoms with Crippen molar-refractivity contribution in [3.63, 3.8) is 0 Å². The fraction of sp³-hybridized carbons (Fsp3) is 0.250. The number of rotatable bonds is 5. The molecule has 2 amide bonds. The second kappa shape index (κ2) is 8.31. The van der Waals surface area contributed by atoms with Crippen LogP contribution in [0.15, 0.2) is 43.0 Å². The first-order chi connectivity index (χ1) is 15.9. The van der Waals surface area contributed by atoms with E-state index < -0.39 is 17.8 Å². The van der Waals surface area contributed by atoms with Crippen molar-refractivity contribution in [1.82, 2.24) is 24.7 Å². The molecule has 2 N–H and O–H groups in total. The van der Waals surface area contributed by atoms with E-state index in [1.807, 2.05) is 4.68 Å². The number of urea groups is 1. The van der Waals surface area contributed by atoms with Crippen LogP contribution in [0.2, 0.25) is 0 Å². The van der Waals surface area contributed by atoms with Crippen molar-refractivity contribution in [2.75, 3.05) is 28.6 Å². The van der Waals surface area contributed by atoms with Crippen molar-refractivity contribution in [3.8, 4) is 0 Å². The summed E-state index contributed by atoms with van der Waals surface area (Å²) in [7, 11) is 0. The maximum Gasteiger partial charge on any atom is 0.416 e. The Kier molecular flexibility index (Phi) is 5.32. The molecule has 0 spiro atoms. The highest BCUT2D eigenvalue weighted by Crippen LogP contribution is 2.31. The molecular weight excluding hydrogens is 457 g/mol. The SMILES string of the molecule is O=C(Nc1cccc(C(F)(F)F)c1)Nc1ncc(CCN2CCn3ncc4ncnc2c43)s1. The van der Waals surface area contributed by atoms with Gasteiger partial charge in [0.1, 0.15) is 17.4 Å². The Balaban J connectivity index is 1.19. The molecule has 0 atom stereocenters. The Morgan fingerprint density at radius 2 is 2.00 bits per heavy atom. The third-order valence-corrected chi connectivity index (χ3v) is 6.11. The van der Waals surface area contributed by atoms with Crippen LogP contribution in [0.1, 0.15) is 10.4 Å². The summed E-state index contributed by atoms with van der Waals surface area (Å²) in [5.74, 6) is 0.840. The zero-order valence-electron chi connectivity index (χ0n) is 17.0. The predicted octanol–water partition coefficient (Wildman–Crippen LogP) is 4.01. The number of halogens is 3. The molecule has 4 aromatic rings. The lowest BCUT2D eigenvalue weighted by atomic mass is 10.2. The Morgan fingerprint density at radius 1 is 1.12 bits per heavy atom. The van der Waals surface area contributed by atoms with E-state index >= 15 is 0 Å². The third-order valence-electron chi connectivity index (χ3n) is 5.14. The van der Waals surface area contributed by atoms with Gasteiger partial charge >= 0.3 is 12.2 Å². The molecule has 1 aromatic carbocycles. The highest BCUT2D eigenvalue weighted by molar-refractivity contribution is 7.15. The molecule has 0 saturated carbocycles. The number of carbonyl (C=O) groups excluding carboxylic acids is 1. The molecule has 0 aliphatic carbocycles. The summed E-state index contributed by atoms with van der Waals surface area (Å²) < 4.78 is 40.4. The number of thiazole rings is 1.